The molecule has 1 aromatic carbocycles. The molecule has 1 saturated heterocycles. The lowest BCUT2D eigenvalue weighted by atomic mass is 9.93. The highest BCUT2D eigenvalue weighted by atomic mass is 16.5. The van der Waals surface area contributed by atoms with Crippen molar-refractivity contribution in [3.05, 3.63) is 36.0 Å². The van der Waals surface area contributed by atoms with Crippen LogP contribution < -0.4 is 20.9 Å². The molecular weight excluding hydrogens is 432 g/mol. The second kappa shape index (κ2) is 12.0. The van der Waals surface area contributed by atoms with Crippen molar-refractivity contribution in [2.45, 2.75) is 57.6 Å². The van der Waals surface area contributed by atoms with Crippen LogP contribution in [0.4, 0.5) is 23.1 Å². The number of carbonyl (C=O) groups excluding carboxylic acids is 1. The number of rotatable bonds is 9. The number of unbranched alkanes of at least 4 members (excludes halogenated alkanes) is 1. The molecule has 9 nitrogen and oxygen atoms in total. The predicted molar refractivity (Wildman–Crippen MR) is 135 cm³/mol. The van der Waals surface area contributed by atoms with Crippen LogP contribution in [0.1, 0.15) is 55.8 Å². The average molecular weight is 469 g/mol. The van der Waals surface area contributed by atoms with Gasteiger partial charge in [0.15, 0.2) is 0 Å². The average Bonchev–Trinajstić information content (AvgIpc) is 2.87. The first-order valence-corrected chi connectivity index (χ1v) is 12.4. The number of benzene rings is 1. The van der Waals surface area contributed by atoms with Crippen molar-refractivity contribution in [2.24, 2.45) is 0 Å². The lowest BCUT2D eigenvalue weighted by Gasteiger charge is -2.29. The summed E-state index contributed by atoms with van der Waals surface area (Å²) in [5.74, 6) is 0.786. The summed E-state index contributed by atoms with van der Waals surface area (Å²) in [5.41, 5.74) is 2.25. The van der Waals surface area contributed by atoms with E-state index in [1.54, 1.807) is 6.20 Å². The van der Waals surface area contributed by atoms with Gasteiger partial charge in [-0.1, -0.05) is 13.3 Å². The molecule has 34 heavy (non-hydrogen) atoms. The Labute approximate surface area is 201 Å². The van der Waals surface area contributed by atoms with E-state index in [1.165, 1.54) is 0 Å². The first kappa shape index (κ1) is 24.2. The minimum Gasteiger partial charge on any atom is -0.393 e. The van der Waals surface area contributed by atoms with Crippen LogP contribution in [-0.2, 0) is 4.74 Å². The summed E-state index contributed by atoms with van der Waals surface area (Å²) in [6.45, 7) is 6.12. The van der Waals surface area contributed by atoms with Gasteiger partial charge in [0.2, 0.25) is 5.95 Å². The zero-order valence-electron chi connectivity index (χ0n) is 19.9. The number of nitrogens with zero attached hydrogens (tertiary/aromatic N) is 3. The van der Waals surface area contributed by atoms with Crippen LogP contribution in [0.15, 0.2) is 30.5 Å². The third kappa shape index (κ3) is 6.57. The highest BCUT2D eigenvalue weighted by Crippen LogP contribution is 2.25. The lowest BCUT2D eigenvalue weighted by molar-refractivity contribution is 0.102. The van der Waals surface area contributed by atoms with Gasteiger partial charge in [-0.15, -0.1) is 0 Å². The van der Waals surface area contributed by atoms with Crippen molar-refractivity contribution in [3.63, 3.8) is 0 Å². The largest absolute Gasteiger partial charge is 0.393 e. The Hall–Kier alpha value is -2.91. The molecule has 1 aliphatic heterocycles. The monoisotopic (exact) mass is 468 g/mol. The molecule has 1 saturated carbocycles. The minimum absolute atomic E-state index is 0.168. The molecule has 4 N–H and O–H groups in total. The van der Waals surface area contributed by atoms with E-state index < -0.39 is 0 Å². The van der Waals surface area contributed by atoms with Gasteiger partial charge in [0, 0.05) is 43.2 Å². The lowest BCUT2D eigenvalue weighted by Crippen LogP contribution is -2.36. The van der Waals surface area contributed by atoms with Crippen molar-refractivity contribution in [2.75, 3.05) is 53.7 Å². The van der Waals surface area contributed by atoms with Crippen LogP contribution in [0.2, 0.25) is 0 Å². The van der Waals surface area contributed by atoms with E-state index in [1.807, 2.05) is 24.3 Å². The van der Waals surface area contributed by atoms with E-state index in [9.17, 15) is 9.90 Å². The van der Waals surface area contributed by atoms with Gasteiger partial charge in [0.05, 0.1) is 19.3 Å². The Morgan fingerprint density at radius 1 is 1.15 bits per heavy atom. The number of aliphatic hydroxyl groups is 1. The van der Waals surface area contributed by atoms with Gasteiger partial charge in [-0.2, -0.15) is 4.98 Å². The molecule has 2 fully saturated rings. The molecule has 0 unspecified atom stereocenters. The Balaban J connectivity index is 1.46. The molecular formula is C25H36N6O3. The topological polar surface area (TPSA) is 112 Å². The molecule has 9 heteroatoms. The SMILES string of the molecule is CCCCNc1ncc(C(=O)Nc2ccc(N3CCOCC3)cc2)c(N[C@H]2CC[C@H](O)CC2)n1. The molecule has 4 rings (SSSR count). The second-order valence-corrected chi connectivity index (χ2v) is 8.99. The number of amides is 1. The summed E-state index contributed by atoms with van der Waals surface area (Å²) in [4.78, 5) is 24.4. The van der Waals surface area contributed by atoms with E-state index in [4.69, 9.17) is 4.74 Å². The van der Waals surface area contributed by atoms with Crippen LogP contribution in [-0.4, -0.2) is 66.0 Å². The van der Waals surface area contributed by atoms with Gasteiger partial charge in [0.1, 0.15) is 11.4 Å². The van der Waals surface area contributed by atoms with Crippen molar-refractivity contribution in [1.82, 2.24) is 9.97 Å². The number of aliphatic hydroxyl groups excluding tert-OH is 1. The van der Waals surface area contributed by atoms with Gasteiger partial charge >= 0.3 is 0 Å². The maximum absolute atomic E-state index is 13.2. The summed E-state index contributed by atoms with van der Waals surface area (Å²) < 4.78 is 5.42. The Kier molecular flexibility index (Phi) is 8.54. The Bertz CT molecular complexity index is 925. The van der Waals surface area contributed by atoms with Crippen LogP contribution in [0.3, 0.4) is 0 Å². The van der Waals surface area contributed by atoms with E-state index in [-0.39, 0.29) is 18.1 Å². The Morgan fingerprint density at radius 2 is 1.88 bits per heavy atom. The molecule has 0 spiro atoms. The van der Waals surface area contributed by atoms with Crippen LogP contribution >= 0.6 is 0 Å². The van der Waals surface area contributed by atoms with Crippen molar-refractivity contribution < 1.29 is 14.6 Å². The number of aromatic nitrogens is 2. The molecule has 1 aliphatic carbocycles. The number of hydrogen-bond acceptors (Lipinski definition) is 8. The summed E-state index contributed by atoms with van der Waals surface area (Å²) in [6.07, 6.45) is 6.63. The maximum atomic E-state index is 13.2. The summed E-state index contributed by atoms with van der Waals surface area (Å²) in [6, 6.07) is 8.04. The van der Waals surface area contributed by atoms with Crippen molar-refractivity contribution in [1.29, 1.82) is 0 Å². The number of nitrogens with one attached hydrogen (secondary N) is 3. The van der Waals surface area contributed by atoms with Crippen LogP contribution in [0, 0.1) is 0 Å². The number of hydrogen-bond donors (Lipinski definition) is 4. The van der Waals surface area contributed by atoms with Crippen molar-refractivity contribution in [3.8, 4) is 0 Å². The molecule has 2 aliphatic rings. The second-order valence-electron chi connectivity index (χ2n) is 8.99. The minimum atomic E-state index is -0.252. The standard InChI is InChI=1S/C25H36N6O3/c1-2-3-12-26-25-27-17-22(23(30-25)28-18-6-10-21(32)11-7-18)24(33)29-19-4-8-20(9-5-19)31-13-15-34-16-14-31/h4-5,8-9,17-18,21,32H,2-3,6-7,10-16H2,1H3,(H,29,33)(H2,26,27,28,30)/t18-,21-. The summed E-state index contributed by atoms with van der Waals surface area (Å²) in [7, 11) is 0. The third-order valence-corrected chi connectivity index (χ3v) is 6.39. The van der Waals surface area contributed by atoms with Gasteiger partial charge in [-0.05, 0) is 56.4 Å². The molecule has 0 radical (unpaired) electrons. The van der Waals surface area contributed by atoms with E-state index in [2.05, 4.69) is 37.7 Å². The van der Waals surface area contributed by atoms with Crippen LogP contribution in [0.5, 0.6) is 0 Å². The first-order chi connectivity index (χ1) is 16.6. The first-order valence-electron chi connectivity index (χ1n) is 12.4. The normalized spacial score (nSPS) is 20.6. The van der Waals surface area contributed by atoms with E-state index >= 15 is 0 Å². The zero-order valence-corrected chi connectivity index (χ0v) is 19.9. The number of carbonyl (C=O) groups is 1. The maximum Gasteiger partial charge on any atom is 0.260 e. The van der Waals surface area contributed by atoms with Crippen molar-refractivity contribution >= 4 is 29.0 Å². The smallest absolute Gasteiger partial charge is 0.260 e. The zero-order chi connectivity index (χ0) is 23.8. The molecule has 0 bridgehead atoms. The molecule has 2 heterocycles. The number of ether oxygens (including phenoxy) is 1. The highest BCUT2D eigenvalue weighted by molar-refractivity contribution is 6.07. The quantitative estimate of drug-likeness (QED) is 0.414. The fraction of sp³-hybridized carbons (Fsp3) is 0.560. The molecule has 1 aromatic heterocycles. The van der Waals surface area contributed by atoms with E-state index in [0.717, 1.165) is 82.7 Å². The summed E-state index contributed by atoms with van der Waals surface area (Å²) >= 11 is 0. The molecule has 184 valence electrons. The van der Waals surface area contributed by atoms with Crippen LogP contribution in [0.25, 0.3) is 0 Å². The number of anilines is 4. The van der Waals surface area contributed by atoms with Gasteiger partial charge < -0.3 is 30.7 Å². The van der Waals surface area contributed by atoms with E-state index in [0.29, 0.717) is 17.3 Å². The highest BCUT2D eigenvalue weighted by Gasteiger charge is 2.23. The predicted octanol–water partition coefficient (Wildman–Crippen LogP) is 3.49. The van der Waals surface area contributed by atoms with Gasteiger partial charge in [-0.3, -0.25) is 4.79 Å². The third-order valence-electron chi connectivity index (χ3n) is 6.39. The molecule has 1 amide bonds. The van der Waals surface area contributed by atoms with Gasteiger partial charge in [-0.25, -0.2) is 4.98 Å². The Morgan fingerprint density at radius 3 is 2.59 bits per heavy atom. The fourth-order valence-electron chi connectivity index (χ4n) is 4.31. The summed E-state index contributed by atoms with van der Waals surface area (Å²) in [5, 5.41) is 19.5. The molecule has 2 aromatic rings. The fourth-order valence-corrected chi connectivity index (χ4v) is 4.31. The molecule has 0 atom stereocenters. The van der Waals surface area contributed by atoms with Gasteiger partial charge in [0.25, 0.3) is 5.91 Å². The number of morpholine rings is 1.